The van der Waals surface area contributed by atoms with Gasteiger partial charge in [0.25, 0.3) is 0 Å². The third kappa shape index (κ3) is 6.04. The number of thioether (sulfide) groups is 1. The van der Waals surface area contributed by atoms with Crippen molar-refractivity contribution in [3.63, 3.8) is 0 Å². The second-order valence-electron chi connectivity index (χ2n) is 8.47. The number of anilines is 1. The zero-order valence-corrected chi connectivity index (χ0v) is 21.7. The second kappa shape index (κ2) is 10.8. The van der Waals surface area contributed by atoms with Gasteiger partial charge in [-0.1, -0.05) is 42.1 Å². The van der Waals surface area contributed by atoms with Gasteiger partial charge in [-0.15, -0.1) is 0 Å². The molecule has 0 spiro atoms. The summed E-state index contributed by atoms with van der Waals surface area (Å²) < 4.78 is 39.0. The quantitative estimate of drug-likeness (QED) is 0.320. The van der Waals surface area contributed by atoms with E-state index in [0.29, 0.717) is 30.4 Å². The van der Waals surface area contributed by atoms with Gasteiger partial charge in [0.2, 0.25) is 15.9 Å². The summed E-state index contributed by atoms with van der Waals surface area (Å²) in [5.74, 6) is 1.32. The molecule has 0 saturated heterocycles. The first-order valence-electron chi connectivity index (χ1n) is 11.6. The molecule has 37 heavy (non-hydrogen) atoms. The Balaban J connectivity index is 1.19. The van der Waals surface area contributed by atoms with Crippen LogP contribution in [0.15, 0.2) is 82.7 Å². The van der Waals surface area contributed by atoms with Crippen LogP contribution in [-0.4, -0.2) is 38.3 Å². The van der Waals surface area contributed by atoms with Gasteiger partial charge in [-0.25, -0.2) is 18.1 Å². The minimum Gasteiger partial charge on any atom is -0.486 e. The number of fused-ring (bicyclic) bond motifs is 2. The van der Waals surface area contributed by atoms with E-state index in [-0.39, 0.29) is 23.1 Å². The van der Waals surface area contributed by atoms with Crippen molar-refractivity contribution in [2.75, 3.05) is 24.3 Å². The van der Waals surface area contributed by atoms with Crippen molar-refractivity contribution in [2.24, 2.45) is 0 Å². The van der Waals surface area contributed by atoms with Crippen molar-refractivity contribution in [1.82, 2.24) is 9.71 Å². The standard InChI is InChI=1S/C27H25N3O5S2/c1-18-13-20-14-24-25(35-12-11-34-24)15-23(20)30-27(18)36-17-26(31)29-21-7-9-22(10-8-21)37(32,33)28-16-19-5-3-2-4-6-19/h2-10,13-15,28H,11-12,16-17H2,1H3,(H,29,31). The second-order valence-corrected chi connectivity index (χ2v) is 11.2. The Morgan fingerprint density at radius 3 is 2.41 bits per heavy atom. The molecule has 0 bridgehead atoms. The van der Waals surface area contributed by atoms with Crippen LogP contribution in [0.25, 0.3) is 10.9 Å². The van der Waals surface area contributed by atoms with Crippen LogP contribution in [0.2, 0.25) is 0 Å². The number of nitrogens with zero attached hydrogens (tertiary/aromatic N) is 1. The number of benzene rings is 3. The fourth-order valence-corrected chi connectivity index (χ4v) is 5.66. The number of nitrogens with one attached hydrogen (secondary N) is 2. The van der Waals surface area contributed by atoms with Crippen molar-refractivity contribution < 1.29 is 22.7 Å². The lowest BCUT2D eigenvalue weighted by Crippen LogP contribution is -2.23. The van der Waals surface area contributed by atoms with Crippen molar-refractivity contribution >= 4 is 44.3 Å². The molecule has 0 unspecified atom stereocenters. The summed E-state index contributed by atoms with van der Waals surface area (Å²) in [6.07, 6.45) is 0. The van der Waals surface area contributed by atoms with Gasteiger partial charge in [0.05, 0.1) is 16.2 Å². The number of carbonyl (C=O) groups is 1. The number of aromatic nitrogens is 1. The molecular weight excluding hydrogens is 510 g/mol. The molecule has 0 radical (unpaired) electrons. The molecule has 8 nitrogen and oxygen atoms in total. The molecule has 0 saturated carbocycles. The van der Waals surface area contributed by atoms with Crippen molar-refractivity contribution in [1.29, 1.82) is 0 Å². The Morgan fingerprint density at radius 1 is 0.973 bits per heavy atom. The highest BCUT2D eigenvalue weighted by Gasteiger charge is 2.16. The molecule has 1 aromatic heterocycles. The fourth-order valence-electron chi connectivity index (χ4n) is 3.85. The number of rotatable bonds is 8. The van der Waals surface area contributed by atoms with Crippen LogP contribution in [0, 0.1) is 6.92 Å². The van der Waals surface area contributed by atoms with Crippen LogP contribution in [0.5, 0.6) is 11.5 Å². The van der Waals surface area contributed by atoms with E-state index in [9.17, 15) is 13.2 Å². The van der Waals surface area contributed by atoms with Crippen LogP contribution < -0.4 is 19.5 Å². The summed E-state index contributed by atoms with van der Waals surface area (Å²) in [7, 11) is -3.67. The normalized spacial score (nSPS) is 12.9. The Bertz CT molecular complexity index is 1540. The number of hydrogen-bond donors (Lipinski definition) is 2. The molecule has 2 N–H and O–H groups in total. The predicted molar refractivity (Wildman–Crippen MR) is 144 cm³/mol. The number of ether oxygens (including phenoxy) is 2. The number of amides is 1. The maximum atomic E-state index is 12.6. The molecule has 1 aliphatic rings. The average Bonchev–Trinajstić information content (AvgIpc) is 2.90. The Morgan fingerprint density at radius 2 is 1.68 bits per heavy atom. The highest BCUT2D eigenvalue weighted by Crippen LogP contribution is 2.35. The third-order valence-electron chi connectivity index (χ3n) is 5.72. The highest BCUT2D eigenvalue weighted by molar-refractivity contribution is 8.00. The minimum absolute atomic E-state index is 0.128. The molecule has 3 aromatic carbocycles. The topological polar surface area (TPSA) is 107 Å². The van der Waals surface area contributed by atoms with E-state index in [4.69, 9.17) is 14.5 Å². The summed E-state index contributed by atoms with van der Waals surface area (Å²) in [6.45, 7) is 3.18. The van der Waals surface area contributed by atoms with Crippen LogP contribution in [0.3, 0.4) is 0 Å². The molecule has 2 heterocycles. The summed E-state index contributed by atoms with van der Waals surface area (Å²) in [4.78, 5) is 17.4. The zero-order chi connectivity index (χ0) is 25.8. The van der Waals surface area contributed by atoms with Crippen LogP contribution in [0.4, 0.5) is 5.69 Å². The summed E-state index contributed by atoms with van der Waals surface area (Å²) >= 11 is 1.34. The third-order valence-corrected chi connectivity index (χ3v) is 8.23. The van der Waals surface area contributed by atoms with Crippen LogP contribution in [-0.2, 0) is 21.4 Å². The summed E-state index contributed by atoms with van der Waals surface area (Å²) in [5.41, 5.74) is 3.11. The lowest BCUT2D eigenvalue weighted by atomic mass is 10.1. The fraction of sp³-hybridized carbons (Fsp3) is 0.185. The lowest BCUT2D eigenvalue weighted by Gasteiger charge is -2.19. The van der Waals surface area contributed by atoms with Gasteiger partial charge < -0.3 is 14.8 Å². The molecule has 4 aromatic rings. The summed E-state index contributed by atoms with van der Waals surface area (Å²) in [5, 5.41) is 4.51. The highest BCUT2D eigenvalue weighted by atomic mass is 32.2. The van der Waals surface area contributed by atoms with Gasteiger partial charge >= 0.3 is 0 Å². The van der Waals surface area contributed by atoms with Crippen LogP contribution >= 0.6 is 11.8 Å². The van der Waals surface area contributed by atoms with E-state index in [0.717, 1.165) is 27.1 Å². The monoisotopic (exact) mass is 535 g/mol. The van der Waals surface area contributed by atoms with Crippen molar-refractivity contribution in [3.8, 4) is 11.5 Å². The number of sulfonamides is 1. The molecule has 1 amide bonds. The molecule has 0 fully saturated rings. The molecule has 10 heteroatoms. The molecule has 0 atom stereocenters. The smallest absolute Gasteiger partial charge is 0.240 e. The van der Waals surface area contributed by atoms with E-state index in [1.807, 2.05) is 55.5 Å². The van der Waals surface area contributed by atoms with Gasteiger partial charge in [0.1, 0.15) is 18.2 Å². The van der Waals surface area contributed by atoms with Gasteiger partial charge in [-0.3, -0.25) is 4.79 Å². The Labute approximate surface area is 219 Å². The van der Waals surface area contributed by atoms with Gasteiger partial charge in [-0.05, 0) is 54.4 Å². The maximum Gasteiger partial charge on any atom is 0.240 e. The Hall–Kier alpha value is -3.60. The predicted octanol–water partition coefficient (Wildman–Crippen LogP) is 4.52. The molecule has 190 valence electrons. The molecule has 5 rings (SSSR count). The largest absolute Gasteiger partial charge is 0.486 e. The van der Waals surface area contributed by atoms with Gasteiger partial charge in [-0.2, -0.15) is 0 Å². The van der Waals surface area contributed by atoms with Crippen molar-refractivity contribution in [3.05, 3.63) is 83.9 Å². The van der Waals surface area contributed by atoms with E-state index < -0.39 is 10.0 Å². The lowest BCUT2D eigenvalue weighted by molar-refractivity contribution is -0.113. The van der Waals surface area contributed by atoms with Gasteiger partial charge in [0.15, 0.2) is 11.5 Å². The number of carbonyl (C=O) groups excluding carboxylic acids is 1. The Kier molecular flexibility index (Phi) is 7.31. The first-order valence-corrected chi connectivity index (χ1v) is 14.1. The van der Waals surface area contributed by atoms with Crippen molar-refractivity contribution in [2.45, 2.75) is 23.4 Å². The number of pyridine rings is 1. The zero-order valence-electron chi connectivity index (χ0n) is 20.1. The minimum atomic E-state index is -3.67. The maximum absolute atomic E-state index is 12.6. The van der Waals surface area contributed by atoms with E-state index in [1.165, 1.54) is 23.9 Å². The van der Waals surface area contributed by atoms with E-state index in [1.54, 1.807) is 12.1 Å². The SMILES string of the molecule is Cc1cc2cc3c(cc2nc1SCC(=O)Nc1ccc(S(=O)(=O)NCc2ccccc2)cc1)OCCO3. The molecule has 0 aliphatic carbocycles. The molecular formula is C27H25N3O5S2. The first-order chi connectivity index (χ1) is 17.9. The molecule has 1 aliphatic heterocycles. The number of aryl methyl sites for hydroxylation is 1. The first kappa shape index (κ1) is 25.1. The van der Waals surface area contributed by atoms with E-state index in [2.05, 4.69) is 10.0 Å². The number of hydrogen-bond acceptors (Lipinski definition) is 7. The van der Waals surface area contributed by atoms with Gasteiger partial charge in [0, 0.05) is 23.7 Å². The summed E-state index contributed by atoms with van der Waals surface area (Å²) in [6, 6.07) is 21.2. The van der Waals surface area contributed by atoms with Crippen LogP contribution in [0.1, 0.15) is 11.1 Å². The van der Waals surface area contributed by atoms with E-state index >= 15 is 0 Å². The average molecular weight is 536 g/mol.